The molecule has 1 amide bonds. The smallest absolute Gasteiger partial charge is 0.303 e. The molecule has 12 heteroatoms. The van der Waals surface area contributed by atoms with Crippen LogP contribution in [0.1, 0.15) is 30.3 Å². The highest BCUT2D eigenvalue weighted by Gasteiger charge is 2.69. The molecular weight excluding hydrogens is 462 g/mol. The van der Waals surface area contributed by atoms with Crippen molar-refractivity contribution in [1.29, 1.82) is 0 Å². The topological polar surface area (TPSA) is 214 Å². The molecule has 2 aromatic rings. The molecule has 1 saturated carbocycles. The highest BCUT2D eigenvalue weighted by Crippen LogP contribution is 2.59. The number of benzene rings is 2. The summed E-state index contributed by atoms with van der Waals surface area (Å²) in [6.45, 7) is 1.05. The molecule has 186 valence electrons. The summed E-state index contributed by atoms with van der Waals surface area (Å²) in [7, 11) is 2.87. The number of phenols is 2. The minimum Gasteiger partial charge on any atom is -0.507 e. The number of anilines is 1. The van der Waals surface area contributed by atoms with E-state index >= 15 is 0 Å². The minimum absolute atomic E-state index is 0.120. The number of likely N-dealkylation sites (N-methyl/N-ethyl adjacent to an activating group) is 1. The van der Waals surface area contributed by atoms with Crippen molar-refractivity contribution < 1.29 is 44.3 Å². The molecule has 2 unspecified atom stereocenters. The Morgan fingerprint density at radius 1 is 1.14 bits per heavy atom. The number of primary amides is 1. The van der Waals surface area contributed by atoms with Crippen LogP contribution in [0.25, 0.3) is 10.8 Å². The summed E-state index contributed by atoms with van der Waals surface area (Å²) in [5, 5.41) is 44.6. The Morgan fingerprint density at radius 3 is 2.31 bits per heavy atom. The predicted octanol–water partition coefficient (Wildman–Crippen LogP) is -0.985. The van der Waals surface area contributed by atoms with Gasteiger partial charge in [-0.1, -0.05) is 12.1 Å². The van der Waals surface area contributed by atoms with Crippen molar-refractivity contribution in [2.45, 2.75) is 30.8 Å². The summed E-state index contributed by atoms with van der Waals surface area (Å²) < 4.78 is 5.48. The Morgan fingerprint density at radius 2 is 1.77 bits per heavy atom. The van der Waals surface area contributed by atoms with E-state index in [-0.39, 0.29) is 22.0 Å². The molecule has 4 rings (SSSR count). The van der Waals surface area contributed by atoms with Crippen molar-refractivity contribution in [3.05, 3.63) is 29.3 Å². The van der Waals surface area contributed by atoms with Gasteiger partial charge in [-0.3, -0.25) is 24.1 Å². The second-order valence-electron chi connectivity index (χ2n) is 9.08. The lowest BCUT2D eigenvalue weighted by Gasteiger charge is -2.54. The first-order valence-corrected chi connectivity index (χ1v) is 10.6. The first-order valence-electron chi connectivity index (χ1n) is 10.6. The standard InChI is InChI=1S/C23H25N3O9/c1-7(27)35-19-11-12(17(29)10-8(15(11)24)5-4-6-9(10)28)20(31)23(34)14(19)16(26(2)3)18(30)13(21(23)32)22(25)33/h4-6,13-14,16,19-20,28-29,31,34H,24H2,1-3H3,(H2,25,33)/t13?,14-,16+,19+,20?,23+/m1/s1. The number of hydrogen-bond acceptors (Lipinski definition) is 11. The van der Waals surface area contributed by atoms with Crippen LogP contribution in [0.5, 0.6) is 11.5 Å². The van der Waals surface area contributed by atoms with Crippen LogP contribution >= 0.6 is 0 Å². The van der Waals surface area contributed by atoms with Crippen LogP contribution in [-0.2, 0) is 23.9 Å². The third-order valence-electron chi connectivity index (χ3n) is 6.92. The summed E-state index contributed by atoms with van der Waals surface area (Å²) in [4.78, 5) is 52.2. The maximum absolute atomic E-state index is 13.4. The van der Waals surface area contributed by atoms with Crippen molar-refractivity contribution >= 4 is 39.9 Å². The highest BCUT2D eigenvalue weighted by atomic mass is 16.5. The first kappa shape index (κ1) is 24.4. The minimum atomic E-state index is -2.91. The molecule has 0 aromatic heterocycles. The third-order valence-corrected chi connectivity index (χ3v) is 6.92. The molecular formula is C23H25N3O9. The normalized spacial score (nSPS) is 30.2. The molecule has 1 fully saturated rings. The van der Waals surface area contributed by atoms with Crippen molar-refractivity contribution in [3.8, 4) is 11.5 Å². The summed E-state index contributed by atoms with van der Waals surface area (Å²) in [6.07, 6.45) is -3.84. The molecule has 35 heavy (non-hydrogen) atoms. The van der Waals surface area contributed by atoms with Crippen LogP contribution in [0.4, 0.5) is 5.69 Å². The first-order chi connectivity index (χ1) is 16.3. The van der Waals surface area contributed by atoms with Crippen LogP contribution < -0.4 is 11.5 Å². The Hall–Kier alpha value is -3.74. The van der Waals surface area contributed by atoms with Crippen molar-refractivity contribution in [3.63, 3.8) is 0 Å². The number of Topliss-reactive ketones (excluding diaryl/α,β-unsaturated/α-hetero) is 2. The fourth-order valence-electron chi connectivity index (χ4n) is 5.53. The molecule has 2 aliphatic rings. The summed E-state index contributed by atoms with van der Waals surface area (Å²) in [6, 6.07) is 2.74. The number of ketones is 2. The van der Waals surface area contributed by atoms with E-state index in [1.54, 1.807) is 0 Å². The summed E-state index contributed by atoms with van der Waals surface area (Å²) >= 11 is 0. The number of rotatable bonds is 3. The van der Waals surface area contributed by atoms with Gasteiger partial charge in [0.05, 0.1) is 17.3 Å². The number of nitrogen functional groups attached to an aromatic ring is 1. The average molecular weight is 487 g/mol. The van der Waals surface area contributed by atoms with Crippen molar-refractivity contribution in [1.82, 2.24) is 4.90 Å². The molecule has 0 heterocycles. The van der Waals surface area contributed by atoms with Gasteiger partial charge in [-0.2, -0.15) is 0 Å². The Labute approximate surface area is 198 Å². The molecule has 12 nitrogen and oxygen atoms in total. The Kier molecular flexibility index (Phi) is 5.51. The monoisotopic (exact) mass is 487 g/mol. The van der Waals surface area contributed by atoms with Gasteiger partial charge in [0.2, 0.25) is 5.91 Å². The predicted molar refractivity (Wildman–Crippen MR) is 120 cm³/mol. The second kappa shape index (κ2) is 7.90. The molecule has 2 aromatic carbocycles. The molecule has 0 aliphatic heterocycles. The number of fused-ring (bicyclic) bond motifs is 3. The number of phenolic OH excluding ortho intramolecular Hbond substituents is 2. The van der Waals surface area contributed by atoms with E-state index in [0.29, 0.717) is 0 Å². The fourth-order valence-corrected chi connectivity index (χ4v) is 5.53. The molecule has 0 bridgehead atoms. The number of carbonyl (C=O) groups is 4. The van der Waals surface area contributed by atoms with Gasteiger partial charge in [0.1, 0.15) is 23.7 Å². The van der Waals surface area contributed by atoms with Gasteiger partial charge in [-0.05, 0) is 20.2 Å². The highest BCUT2D eigenvalue weighted by molar-refractivity contribution is 6.24. The van der Waals surface area contributed by atoms with Crippen molar-refractivity contribution in [2.24, 2.45) is 17.6 Å². The lowest BCUT2D eigenvalue weighted by atomic mass is 9.56. The van der Waals surface area contributed by atoms with Crippen LogP contribution in [0, 0.1) is 11.8 Å². The number of aliphatic hydroxyl groups excluding tert-OH is 1. The van der Waals surface area contributed by atoms with Crippen LogP contribution in [-0.4, -0.2) is 74.5 Å². The van der Waals surface area contributed by atoms with Crippen molar-refractivity contribution in [2.75, 3.05) is 19.8 Å². The lowest BCUT2D eigenvalue weighted by molar-refractivity contribution is -0.208. The van der Waals surface area contributed by atoms with Gasteiger partial charge in [0.25, 0.3) is 0 Å². The number of amides is 1. The van der Waals surface area contributed by atoms with Gasteiger partial charge in [0.15, 0.2) is 23.1 Å². The van der Waals surface area contributed by atoms with E-state index in [1.807, 2.05) is 0 Å². The number of ether oxygens (including phenoxy) is 1. The Balaban J connectivity index is 2.17. The number of aliphatic hydroxyl groups is 2. The number of nitrogens with zero attached hydrogens (tertiary/aromatic N) is 1. The quantitative estimate of drug-likeness (QED) is 0.134. The number of carbonyl (C=O) groups excluding carboxylic acids is 4. The summed E-state index contributed by atoms with van der Waals surface area (Å²) in [5.41, 5.74) is 8.05. The van der Waals surface area contributed by atoms with E-state index in [2.05, 4.69) is 0 Å². The van der Waals surface area contributed by atoms with Crippen LogP contribution in [0.3, 0.4) is 0 Å². The largest absolute Gasteiger partial charge is 0.507 e. The molecule has 6 atom stereocenters. The molecule has 0 spiro atoms. The number of esters is 1. The molecule has 2 aliphatic carbocycles. The number of nitrogens with two attached hydrogens (primary N) is 2. The zero-order chi connectivity index (χ0) is 26.1. The lowest BCUT2D eigenvalue weighted by Crippen LogP contribution is -2.71. The number of aromatic hydroxyl groups is 2. The molecule has 0 saturated heterocycles. The van der Waals surface area contributed by atoms with Gasteiger partial charge < -0.3 is 36.6 Å². The van der Waals surface area contributed by atoms with Crippen LogP contribution in [0.15, 0.2) is 18.2 Å². The van der Waals surface area contributed by atoms with E-state index in [9.17, 15) is 39.6 Å². The van der Waals surface area contributed by atoms with Gasteiger partial charge >= 0.3 is 5.97 Å². The summed E-state index contributed by atoms with van der Waals surface area (Å²) in [5.74, 6) is -9.42. The van der Waals surface area contributed by atoms with E-state index < -0.39 is 76.2 Å². The SMILES string of the molecule is CC(=O)O[C@H]1c2c(c(O)c3c(O)cccc3c2N)C(O)[C@]2(O)C(=O)C(C(N)=O)C(=O)[C@@H](N(C)C)[C@H]12. The maximum atomic E-state index is 13.4. The molecule has 8 N–H and O–H groups in total. The van der Waals surface area contributed by atoms with Crippen LogP contribution in [0.2, 0.25) is 0 Å². The molecule has 0 radical (unpaired) electrons. The second-order valence-corrected chi connectivity index (χ2v) is 9.08. The third kappa shape index (κ3) is 3.10. The Bertz CT molecular complexity index is 1310. The van der Waals surface area contributed by atoms with Gasteiger partial charge in [-0.25, -0.2) is 0 Å². The van der Waals surface area contributed by atoms with Gasteiger partial charge in [-0.15, -0.1) is 0 Å². The zero-order valence-corrected chi connectivity index (χ0v) is 19.1. The van der Waals surface area contributed by atoms with E-state index in [1.165, 1.54) is 37.2 Å². The maximum Gasteiger partial charge on any atom is 0.303 e. The van der Waals surface area contributed by atoms with Gasteiger partial charge in [0, 0.05) is 29.1 Å². The van der Waals surface area contributed by atoms with E-state index in [4.69, 9.17) is 16.2 Å². The fraction of sp³-hybridized carbons (Fsp3) is 0.391. The number of hydrogen-bond donors (Lipinski definition) is 6. The average Bonchev–Trinajstić information content (AvgIpc) is 2.75. The van der Waals surface area contributed by atoms with E-state index in [0.717, 1.165) is 6.92 Å². The zero-order valence-electron chi connectivity index (χ0n) is 19.1.